The predicted octanol–water partition coefficient (Wildman–Crippen LogP) is -0.549. The Morgan fingerprint density at radius 3 is 2.25 bits per heavy atom. The van der Waals surface area contributed by atoms with Crippen molar-refractivity contribution < 1.29 is 4.74 Å². The molecule has 48 valence electrons. The zero-order chi connectivity index (χ0) is 5.98. The second-order valence-electron chi connectivity index (χ2n) is 2.26. The minimum absolute atomic E-state index is 0.560. The summed E-state index contributed by atoms with van der Waals surface area (Å²) in [5, 5.41) is 1.95. The molecule has 1 fully saturated rings. The van der Waals surface area contributed by atoms with Gasteiger partial charge in [0.25, 0.3) is 0 Å². The molecule has 1 N–H and O–H groups in total. The molecule has 3 heteroatoms. The molecular formula is C5H12N2O. The van der Waals surface area contributed by atoms with Crippen LogP contribution in [0.1, 0.15) is 0 Å². The van der Waals surface area contributed by atoms with Crippen molar-refractivity contribution in [3.63, 3.8) is 0 Å². The highest BCUT2D eigenvalue weighted by atomic mass is 16.5. The Morgan fingerprint density at radius 1 is 1.50 bits per heavy atom. The second-order valence-corrected chi connectivity index (χ2v) is 2.26. The Bertz CT molecular complexity index is 70.8. The van der Waals surface area contributed by atoms with E-state index in [9.17, 15) is 0 Å². The molecule has 0 saturated carbocycles. The maximum Gasteiger partial charge on any atom is 0.0682 e. The fourth-order valence-electron chi connectivity index (χ4n) is 0.675. The molecule has 3 nitrogen and oxygen atoms in total. The molecule has 1 aliphatic rings. The first-order valence-corrected chi connectivity index (χ1v) is 2.80. The van der Waals surface area contributed by atoms with E-state index in [0.29, 0.717) is 6.04 Å². The van der Waals surface area contributed by atoms with Gasteiger partial charge >= 0.3 is 0 Å². The number of rotatable bonds is 2. The highest BCUT2D eigenvalue weighted by Gasteiger charge is 2.17. The number of nitrogens with zero attached hydrogens (tertiary/aromatic N) is 1. The molecule has 1 heterocycles. The zero-order valence-corrected chi connectivity index (χ0v) is 5.35. The van der Waals surface area contributed by atoms with Gasteiger partial charge in [-0.15, -0.1) is 0 Å². The monoisotopic (exact) mass is 116 g/mol. The van der Waals surface area contributed by atoms with Gasteiger partial charge in [0, 0.05) is 14.1 Å². The van der Waals surface area contributed by atoms with Gasteiger partial charge in [-0.25, -0.2) is 5.43 Å². The van der Waals surface area contributed by atoms with Crippen molar-refractivity contribution in [2.24, 2.45) is 0 Å². The number of hydrogen-bond acceptors (Lipinski definition) is 3. The molecule has 0 spiro atoms. The van der Waals surface area contributed by atoms with Crippen LogP contribution in [0.4, 0.5) is 0 Å². The van der Waals surface area contributed by atoms with Crippen molar-refractivity contribution in [3.8, 4) is 0 Å². The lowest BCUT2D eigenvalue weighted by Gasteiger charge is -2.29. The average Bonchev–Trinajstić information content (AvgIpc) is 1.55. The van der Waals surface area contributed by atoms with Crippen molar-refractivity contribution in [3.05, 3.63) is 0 Å². The van der Waals surface area contributed by atoms with Gasteiger partial charge in [0.15, 0.2) is 0 Å². The fraction of sp³-hybridized carbons (Fsp3) is 1.00. The number of nitrogens with one attached hydrogen (secondary N) is 1. The number of hydrazine groups is 1. The first-order chi connectivity index (χ1) is 3.79. The molecule has 0 aliphatic carbocycles. The van der Waals surface area contributed by atoms with E-state index in [1.807, 2.05) is 19.1 Å². The van der Waals surface area contributed by atoms with E-state index in [1.54, 1.807) is 0 Å². The lowest BCUT2D eigenvalue weighted by molar-refractivity contribution is -0.0305. The van der Waals surface area contributed by atoms with Crippen molar-refractivity contribution >= 4 is 0 Å². The molecule has 0 aromatic heterocycles. The lowest BCUT2D eigenvalue weighted by atomic mass is 10.3. The first-order valence-electron chi connectivity index (χ1n) is 2.80. The molecular weight excluding hydrogens is 104 g/mol. The van der Waals surface area contributed by atoms with Gasteiger partial charge in [0.05, 0.1) is 19.3 Å². The Balaban J connectivity index is 2.01. The van der Waals surface area contributed by atoms with E-state index in [1.165, 1.54) is 0 Å². The van der Waals surface area contributed by atoms with Crippen molar-refractivity contribution in [2.75, 3.05) is 27.3 Å². The van der Waals surface area contributed by atoms with Crippen molar-refractivity contribution in [1.82, 2.24) is 10.4 Å². The minimum Gasteiger partial charge on any atom is -0.378 e. The molecule has 8 heavy (non-hydrogen) atoms. The summed E-state index contributed by atoms with van der Waals surface area (Å²) in [5.74, 6) is 0. The van der Waals surface area contributed by atoms with Gasteiger partial charge in [-0.2, -0.15) is 0 Å². The smallest absolute Gasteiger partial charge is 0.0682 e. The molecule has 0 aromatic carbocycles. The van der Waals surface area contributed by atoms with E-state index >= 15 is 0 Å². The maximum absolute atomic E-state index is 4.95. The van der Waals surface area contributed by atoms with Crippen LogP contribution in [0, 0.1) is 0 Å². The fourth-order valence-corrected chi connectivity index (χ4v) is 0.675. The van der Waals surface area contributed by atoms with Crippen molar-refractivity contribution in [1.29, 1.82) is 0 Å². The summed E-state index contributed by atoms with van der Waals surface area (Å²) < 4.78 is 4.95. The first kappa shape index (κ1) is 6.01. The van der Waals surface area contributed by atoms with Gasteiger partial charge in [0.2, 0.25) is 0 Å². The predicted molar refractivity (Wildman–Crippen MR) is 31.4 cm³/mol. The summed E-state index contributed by atoms with van der Waals surface area (Å²) in [4.78, 5) is 0. The summed E-state index contributed by atoms with van der Waals surface area (Å²) in [6.45, 7) is 1.72. The summed E-state index contributed by atoms with van der Waals surface area (Å²) in [6, 6.07) is 0.560. The number of hydrogen-bond donors (Lipinski definition) is 1. The van der Waals surface area contributed by atoms with Crippen molar-refractivity contribution in [2.45, 2.75) is 6.04 Å². The van der Waals surface area contributed by atoms with Crippen LogP contribution in [0.2, 0.25) is 0 Å². The SMILES string of the molecule is CN(C)NC1COC1. The summed E-state index contributed by atoms with van der Waals surface area (Å²) in [6.07, 6.45) is 0. The summed E-state index contributed by atoms with van der Waals surface area (Å²) >= 11 is 0. The van der Waals surface area contributed by atoms with E-state index in [4.69, 9.17) is 4.74 Å². The van der Waals surface area contributed by atoms with Crippen LogP contribution < -0.4 is 5.43 Å². The van der Waals surface area contributed by atoms with Gasteiger partial charge in [-0.05, 0) is 0 Å². The van der Waals surface area contributed by atoms with Gasteiger partial charge in [0.1, 0.15) is 0 Å². The Morgan fingerprint density at radius 2 is 2.12 bits per heavy atom. The lowest BCUT2D eigenvalue weighted by Crippen LogP contribution is -2.51. The highest BCUT2D eigenvalue weighted by Crippen LogP contribution is 1.98. The Kier molecular flexibility index (Phi) is 1.83. The minimum atomic E-state index is 0.560. The van der Waals surface area contributed by atoms with E-state index in [-0.39, 0.29) is 0 Å². The molecule has 0 unspecified atom stereocenters. The zero-order valence-electron chi connectivity index (χ0n) is 5.35. The molecule has 1 aliphatic heterocycles. The molecule has 1 rings (SSSR count). The largest absolute Gasteiger partial charge is 0.378 e. The average molecular weight is 116 g/mol. The third-order valence-electron chi connectivity index (χ3n) is 1.08. The number of ether oxygens (including phenoxy) is 1. The maximum atomic E-state index is 4.95. The normalized spacial score (nSPS) is 21.4. The van der Waals surface area contributed by atoms with E-state index in [0.717, 1.165) is 13.2 Å². The molecule has 0 amide bonds. The Labute approximate surface area is 49.6 Å². The molecule has 1 saturated heterocycles. The van der Waals surface area contributed by atoms with Gasteiger partial charge < -0.3 is 4.74 Å². The summed E-state index contributed by atoms with van der Waals surface area (Å²) in [5.41, 5.74) is 3.19. The van der Waals surface area contributed by atoms with Crippen LogP contribution >= 0.6 is 0 Å². The topological polar surface area (TPSA) is 24.5 Å². The molecule has 0 atom stereocenters. The summed E-state index contributed by atoms with van der Waals surface area (Å²) in [7, 11) is 3.97. The van der Waals surface area contributed by atoms with E-state index < -0.39 is 0 Å². The third kappa shape index (κ3) is 1.43. The van der Waals surface area contributed by atoms with Crippen LogP contribution in [0.3, 0.4) is 0 Å². The van der Waals surface area contributed by atoms with Crippen LogP contribution in [-0.2, 0) is 4.74 Å². The third-order valence-corrected chi connectivity index (χ3v) is 1.08. The Hall–Kier alpha value is -0.120. The molecule has 0 aromatic rings. The quantitative estimate of drug-likeness (QED) is 0.490. The second kappa shape index (κ2) is 2.44. The van der Waals surface area contributed by atoms with Gasteiger partial charge in [-0.3, -0.25) is 5.01 Å². The van der Waals surface area contributed by atoms with Crippen LogP contribution in [0.5, 0.6) is 0 Å². The molecule has 0 radical (unpaired) electrons. The van der Waals surface area contributed by atoms with Crippen LogP contribution in [0.25, 0.3) is 0 Å². The van der Waals surface area contributed by atoms with Crippen LogP contribution in [-0.4, -0.2) is 38.4 Å². The standard InChI is InChI=1S/C5H12N2O/c1-7(2)6-5-3-8-4-5/h5-6H,3-4H2,1-2H3. The highest BCUT2D eigenvalue weighted by molar-refractivity contribution is 4.69. The van der Waals surface area contributed by atoms with Gasteiger partial charge in [-0.1, -0.05) is 0 Å². The van der Waals surface area contributed by atoms with Crippen LogP contribution in [0.15, 0.2) is 0 Å². The van der Waals surface area contributed by atoms with E-state index in [2.05, 4.69) is 5.43 Å². The molecule has 0 bridgehead atoms.